The fourth-order valence-electron chi connectivity index (χ4n) is 1.47. The van der Waals surface area contributed by atoms with Crippen LogP contribution in [0.15, 0.2) is 20.1 Å². The maximum Gasteiger partial charge on any atom is 0.331 e. The molecular formula is C9H10N2O3. The summed E-state index contributed by atoms with van der Waals surface area (Å²) in [6.45, 7) is 1.74. The van der Waals surface area contributed by atoms with E-state index in [0.717, 1.165) is 4.57 Å². The topological polar surface area (TPSA) is 57.1 Å². The third-order valence-corrected chi connectivity index (χ3v) is 2.27. The van der Waals surface area contributed by atoms with Crippen LogP contribution in [-0.2, 0) is 14.1 Å². The molecule has 0 saturated heterocycles. The summed E-state index contributed by atoms with van der Waals surface area (Å²) < 4.78 is 7.65. The Labute approximate surface area is 79.2 Å². The van der Waals surface area contributed by atoms with Crippen molar-refractivity contribution in [1.29, 1.82) is 0 Å². The lowest BCUT2D eigenvalue weighted by Crippen LogP contribution is -2.36. The Morgan fingerprint density at radius 3 is 2.50 bits per heavy atom. The lowest BCUT2D eigenvalue weighted by molar-refractivity contribution is 0.564. The van der Waals surface area contributed by atoms with Gasteiger partial charge in [0, 0.05) is 20.2 Å². The molecule has 0 radical (unpaired) electrons. The summed E-state index contributed by atoms with van der Waals surface area (Å²) in [4.78, 5) is 23.1. The average molecular weight is 194 g/mol. The molecule has 0 amide bonds. The maximum atomic E-state index is 11.6. The van der Waals surface area contributed by atoms with Crippen molar-refractivity contribution in [2.75, 3.05) is 0 Å². The maximum absolute atomic E-state index is 11.6. The molecule has 0 bridgehead atoms. The minimum Gasteiger partial charge on any atom is -0.454 e. The summed E-state index contributed by atoms with van der Waals surface area (Å²) in [6, 6.07) is 1.68. The Balaban J connectivity index is 3.17. The molecule has 0 saturated carbocycles. The Kier molecular flexibility index (Phi) is 1.64. The van der Waals surface area contributed by atoms with Crippen LogP contribution in [0.4, 0.5) is 0 Å². The van der Waals surface area contributed by atoms with Crippen molar-refractivity contribution in [1.82, 2.24) is 9.13 Å². The second-order valence-corrected chi connectivity index (χ2v) is 3.28. The number of hydrogen-bond acceptors (Lipinski definition) is 3. The lowest BCUT2D eigenvalue weighted by atomic mass is 10.4. The Morgan fingerprint density at radius 1 is 1.21 bits per heavy atom. The van der Waals surface area contributed by atoms with E-state index in [2.05, 4.69) is 0 Å². The smallest absolute Gasteiger partial charge is 0.331 e. The third-order valence-electron chi connectivity index (χ3n) is 2.27. The number of aryl methyl sites for hydroxylation is 2. The molecule has 2 heterocycles. The van der Waals surface area contributed by atoms with Crippen LogP contribution in [0.3, 0.4) is 0 Å². The predicted molar refractivity (Wildman–Crippen MR) is 51.4 cm³/mol. The van der Waals surface area contributed by atoms with Crippen molar-refractivity contribution < 1.29 is 4.42 Å². The van der Waals surface area contributed by atoms with Gasteiger partial charge in [-0.3, -0.25) is 13.9 Å². The van der Waals surface area contributed by atoms with Crippen molar-refractivity contribution in [3.63, 3.8) is 0 Å². The van der Waals surface area contributed by atoms with Gasteiger partial charge in [0.1, 0.15) is 5.76 Å². The minimum atomic E-state index is -0.392. The molecule has 5 heteroatoms. The van der Waals surface area contributed by atoms with Gasteiger partial charge in [0.2, 0.25) is 5.58 Å². The molecule has 0 fully saturated rings. The SMILES string of the molecule is Cc1cc2c(o1)c(=O)n(C)c(=O)n2C. The third kappa shape index (κ3) is 0.951. The van der Waals surface area contributed by atoms with Gasteiger partial charge < -0.3 is 4.42 Å². The van der Waals surface area contributed by atoms with Gasteiger partial charge in [-0.25, -0.2) is 4.79 Å². The monoisotopic (exact) mass is 194 g/mol. The van der Waals surface area contributed by atoms with E-state index in [1.54, 1.807) is 20.0 Å². The van der Waals surface area contributed by atoms with Gasteiger partial charge >= 0.3 is 5.69 Å². The van der Waals surface area contributed by atoms with Crippen molar-refractivity contribution in [2.45, 2.75) is 6.92 Å². The largest absolute Gasteiger partial charge is 0.454 e. The van der Waals surface area contributed by atoms with Crippen LogP contribution in [0.1, 0.15) is 5.76 Å². The molecule has 0 atom stereocenters. The summed E-state index contributed by atoms with van der Waals surface area (Å²) in [5.74, 6) is 0.623. The molecular weight excluding hydrogens is 184 g/mol. The van der Waals surface area contributed by atoms with Crippen molar-refractivity contribution in [3.8, 4) is 0 Å². The molecule has 0 aromatic carbocycles. The van der Waals surface area contributed by atoms with Gasteiger partial charge in [0.15, 0.2) is 0 Å². The molecule has 2 aromatic heterocycles. The standard InChI is InChI=1S/C9H10N2O3/c1-5-4-6-7(14-5)8(12)11(3)9(13)10(6)2/h4H,1-3H3. The Bertz CT molecular complexity index is 615. The van der Waals surface area contributed by atoms with Crippen molar-refractivity contribution >= 4 is 11.1 Å². The molecule has 14 heavy (non-hydrogen) atoms. The van der Waals surface area contributed by atoms with E-state index in [-0.39, 0.29) is 11.3 Å². The number of rotatable bonds is 0. The van der Waals surface area contributed by atoms with Crippen LogP contribution in [0.5, 0.6) is 0 Å². The van der Waals surface area contributed by atoms with Gasteiger partial charge in [0.25, 0.3) is 5.56 Å². The lowest BCUT2D eigenvalue weighted by Gasteiger charge is -2.01. The molecule has 2 aromatic rings. The average Bonchev–Trinajstić information content (AvgIpc) is 2.54. The highest BCUT2D eigenvalue weighted by molar-refractivity contribution is 5.72. The first-order valence-electron chi connectivity index (χ1n) is 4.18. The number of aromatic nitrogens is 2. The molecule has 0 spiro atoms. The van der Waals surface area contributed by atoms with Gasteiger partial charge in [-0.15, -0.1) is 0 Å². The van der Waals surface area contributed by atoms with Crippen LogP contribution in [0.25, 0.3) is 11.1 Å². The first-order chi connectivity index (χ1) is 6.52. The van der Waals surface area contributed by atoms with E-state index in [4.69, 9.17) is 4.42 Å². The second kappa shape index (κ2) is 2.60. The minimum absolute atomic E-state index is 0.229. The van der Waals surface area contributed by atoms with Crippen LogP contribution in [-0.4, -0.2) is 9.13 Å². The molecule has 0 N–H and O–H groups in total. The zero-order valence-electron chi connectivity index (χ0n) is 8.20. The second-order valence-electron chi connectivity index (χ2n) is 3.28. The highest BCUT2D eigenvalue weighted by Crippen LogP contribution is 2.12. The predicted octanol–water partition coefficient (Wildman–Crippen LogP) is 0.139. The zero-order valence-corrected chi connectivity index (χ0v) is 8.20. The number of fused-ring (bicyclic) bond motifs is 1. The highest BCUT2D eigenvalue weighted by Gasteiger charge is 2.11. The molecule has 0 unspecified atom stereocenters. The van der Waals surface area contributed by atoms with E-state index in [1.165, 1.54) is 11.6 Å². The van der Waals surface area contributed by atoms with E-state index < -0.39 is 5.56 Å². The van der Waals surface area contributed by atoms with Crippen LogP contribution in [0.2, 0.25) is 0 Å². The summed E-state index contributed by atoms with van der Waals surface area (Å²) >= 11 is 0. The molecule has 0 aliphatic rings. The molecule has 2 rings (SSSR count). The first-order valence-corrected chi connectivity index (χ1v) is 4.18. The normalized spacial score (nSPS) is 11.1. The van der Waals surface area contributed by atoms with Crippen molar-refractivity contribution in [3.05, 3.63) is 32.7 Å². The van der Waals surface area contributed by atoms with Crippen LogP contribution in [0, 0.1) is 6.92 Å². The summed E-state index contributed by atoms with van der Waals surface area (Å²) in [6.07, 6.45) is 0. The molecule has 74 valence electrons. The van der Waals surface area contributed by atoms with Crippen LogP contribution >= 0.6 is 0 Å². The number of furan rings is 1. The first kappa shape index (κ1) is 8.80. The van der Waals surface area contributed by atoms with Gasteiger partial charge in [-0.05, 0) is 6.92 Å². The fraction of sp³-hybridized carbons (Fsp3) is 0.333. The van der Waals surface area contributed by atoms with Gasteiger partial charge in [-0.1, -0.05) is 0 Å². The summed E-state index contributed by atoms with van der Waals surface area (Å²) in [5, 5.41) is 0. The molecule has 0 aliphatic carbocycles. The number of nitrogens with zero attached hydrogens (tertiary/aromatic N) is 2. The Morgan fingerprint density at radius 2 is 1.86 bits per heavy atom. The molecule has 0 aliphatic heterocycles. The zero-order chi connectivity index (χ0) is 10.5. The molecule has 5 nitrogen and oxygen atoms in total. The Hall–Kier alpha value is -1.78. The van der Waals surface area contributed by atoms with E-state index in [1.807, 2.05) is 0 Å². The van der Waals surface area contributed by atoms with E-state index in [0.29, 0.717) is 11.3 Å². The van der Waals surface area contributed by atoms with Crippen molar-refractivity contribution in [2.24, 2.45) is 14.1 Å². The highest BCUT2D eigenvalue weighted by atomic mass is 16.3. The summed E-state index contributed by atoms with van der Waals surface area (Å²) in [7, 11) is 3.04. The fourth-order valence-corrected chi connectivity index (χ4v) is 1.47. The van der Waals surface area contributed by atoms with Crippen LogP contribution < -0.4 is 11.2 Å². The van der Waals surface area contributed by atoms with Gasteiger partial charge in [0.05, 0.1) is 5.52 Å². The van der Waals surface area contributed by atoms with E-state index in [9.17, 15) is 9.59 Å². The quantitative estimate of drug-likeness (QED) is 0.599. The number of hydrogen-bond donors (Lipinski definition) is 0. The summed E-state index contributed by atoms with van der Waals surface area (Å²) in [5.41, 5.74) is 0.0298. The van der Waals surface area contributed by atoms with Gasteiger partial charge in [-0.2, -0.15) is 0 Å². The van der Waals surface area contributed by atoms with E-state index >= 15 is 0 Å².